The summed E-state index contributed by atoms with van der Waals surface area (Å²) in [6.07, 6.45) is 8.62. The maximum Gasteiger partial charge on any atom is 0.254 e. The molecule has 5 N–H and O–H groups in total. The molecule has 0 unspecified atom stereocenters. The topological polar surface area (TPSA) is 140 Å². The van der Waals surface area contributed by atoms with E-state index < -0.39 is 5.91 Å². The highest BCUT2D eigenvalue weighted by molar-refractivity contribution is 5.97. The first kappa shape index (κ1) is 18.6. The lowest BCUT2D eigenvalue weighted by Crippen LogP contribution is -2.35. The van der Waals surface area contributed by atoms with Gasteiger partial charge in [-0.15, -0.1) is 0 Å². The van der Waals surface area contributed by atoms with Crippen molar-refractivity contribution < 1.29 is 9.59 Å². The Hall–Kier alpha value is -3.17. The Morgan fingerprint density at radius 1 is 1.30 bits per heavy atom. The fourth-order valence-electron chi connectivity index (χ4n) is 2.69. The van der Waals surface area contributed by atoms with Gasteiger partial charge in [0.2, 0.25) is 11.9 Å². The molecular weight excluding hydrogens is 348 g/mol. The Kier molecular flexibility index (Phi) is 5.84. The van der Waals surface area contributed by atoms with Gasteiger partial charge >= 0.3 is 0 Å². The Balaban J connectivity index is 1.54. The summed E-state index contributed by atoms with van der Waals surface area (Å²) in [6.45, 7) is 1.11. The van der Waals surface area contributed by atoms with Crippen LogP contribution in [0, 0.1) is 5.92 Å². The van der Waals surface area contributed by atoms with E-state index in [-0.39, 0.29) is 17.4 Å². The van der Waals surface area contributed by atoms with Gasteiger partial charge in [0.25, 0.3) is 5.91 Å². The van der Waals surface area contributed by atoms with Gasteiger partial charge in [-0.25, -0.2) is 4.98 Å². The van der Waals surface area contributed by atoms with Crippen molar-refractivity contribution >= 4 is 29.3 Å². The number of primary amides is 1. The number of amides is 2. The number of nitrogens with zero attached hydrogens (tertiary/aromatic N) is 4. The van der Waals surface area contributed by atoms with E-state index in [9.17, 15) is 9.59 Å². The molecule has 1 fully saturated rings. The van der Waals surface area contributed by atoms with Crippen LogP contribution < -0.4 is 21.7 Å². The van der Waals surface area contributed by atoms with Crippen molar-refractivity contribution in [3.05, 3.63) is 24.2 Å². The molecule has 2 aromatic heterocycles. The van der Waals surface area contributed by atoms with E-state index in [1.165, 1.54) is 6.20 Å². The largest absolute Gasteiger partial charge is 0.369 e. The molecule has 2 amide bonds. The summed E-state index contributed by atoms with van der Waals surface area (Å²) in [5.41, 5.74) is 6.34. The number of nitrogens with one attached hydrogen (secondary N) is 3. The number of carbonyl (C=O) groups is 2. The highest BCUT2D eigenvalue weighted by Crippen LogP contribution is 2.26. The van der Waals surface area contributed by atoms with Crippen molar-refractivity contribution in [1.29, 1.82) is 0 Å². The minimum atomic E-state index is -0.608. The number of aryl methyl sites for hydroxylation is 1. The molecule has 2 heterocycles. The van der Waals surface area contributed by atoms with Crippen LogP contribution in [0.5, 0.6) is 0 Å². The fourth-order valence-corrected chi connectivity index (χ4v) is 2.69. The molecule has 10 nitrogen and oxygen atoms in total. The van der Waals surface area contributed by atoms with Gasteiger partial charge < -0.3 is 21.7 Å². The van der Waals surface area contributed by atoms with Crippen molar-refractivity contribution in [2.45, 2.75) is 25.7 Å². The van der Waals surface area contributed by atoms with E-state index >= 15 is 0 Å². The molecule has 0 saturated heterocycles. The lowest BCUT2D eigenvalue weighted by atomic mass is 9.85. The van der Waals surface area contributed by atoms with Gasteiger partial charge in [0.1, 0.15) is 5.82 Å². The van der Waals surface area contributed by atoms with E-state index in [0.717, 1.165) is 24.9 Å². The van der Waals surface area contributed by atoms with Crippen LogP contribution in [0.25, 0.3) is 0 Å². The summed E-state index contributed by atoms with van der Waals surface area (Å²) in [7, 11) is 1.80. The molecule has 27 heavy (non-hydrogen) atoms. The molecule has 3 rings (SSSR count). The number of hydrogen-bond donors (Lipinski definition) is 4. The van der Waals surface area contributed by atoms with Crippen LogP contribution in [0.2, 0.25) is 0 Å². The quantitative estimate of drug-likeness (QED) is 0.477. The first-order valence-electron chi connectivity index (χ1n) is 8.97. The van der Waals surface area contributed by atoms with Crippen LogP contribution in [-0.2, 0) is 11.8 Å². The van der Waals surface area contributed by atoms with E-state index in [4.69, 9.17) is 5.73 Å². The first-order valence-corrected chi connectivity index (χ1v) is 8.97. The van der Waals surface area contributed by atoms with Crippen LogP contribution in [0.4, 0.5) is 17.5 Å². The normalized spacial score (nSPS) is 13.7. The summed E-state index contributed by atoms with van der Waals surface area (Å²) in [4.78, 5) is 31.8. The maximum absolute atomic E-state index is 11.8. The summed E-state index contributed by atoms with van der Waals surface area (Å²) in [5.74, 6) is 0.387. The molecule has 0 spiro atoms. The highest BCUT2D eigenvalue weighted by atomic mass is 16.2. The van der Waals surface area contributed by atoms with Gasteiger partial charge in [0.05, 0.1) is 17.4 Å². The average Bonchev–Trinajstić information content (AvgIpc) is 2.97. The van der Waals surface area contributed by atoms with Gasteiger partial charge in [-0.05, 0) is 19.3 Å². The number of aromatic nitrogens is 4. The lowest BCUT2D eigenvalue weighted by Gasteiger charge is -2.24. The second kappa shape index (κ2) is 8.47. The molecule has 0 aliphatic heterocycles. The maximum atomic E-state index is 11.8. The highest BCUT2D eigenvalue weighted by Gasteiger charge is 2.24. The summed E-state index contributed by atoms with van der Waals surface area (Å²) in [5, 5.41) is 13.1. The summed E-state index contributed by atoms with van der Waals surface area (Å²) < 4.78 is 1.65. The molecule has 0 atom stereocenters. The smallest absolute Gasteiger partial charge is 0.254 e. The van der Waals surface area contributed by atoms with Crippen molar-refractivity contribution in [3.8, 4) is 0 Å². The van der Waals surface area contributed by atoms with Crippen molar-refractivity contribution in [1.82, 2.24) is 25.1 Å². The van der Waals surface area contributed by atoms with E-state index in [0.29, 0.717) is 31.3 Å². The SMILES string of the molecule is Cn1cc(Nc2ncc(C(N)=O)c(NCCCNC(=O)C3CCC3)n2)cn1. The molecule has 1 aliphatic carbocycles. The van der Waals surface area contributed by atoms with Crippen molar-refractivity contribution in [3.63, 3.8) is 0 Å². The third-order valence-corrected chi connectivity index (χ3v) is 4.44. The van der Waals surface area contributed by atoms with Gasteiger partial charge in [-0.3, -0.25) is 14.3 Å². The van der Waals surface area contributed by atoms with Crippen LogP contribution in [0.15, 0.2) is 18.6 Å². The molecule has 2 aromatic rings. The molecule has 10 heteroatoms. The Labute approximate surface area is 156 Å². The van der Waals surface area contributed by atoms with Crippen LogP contribution >= 0.6 is 0 Å². The standard InChI is InChI=1S/C17H24N8O2/c1-25-10-12(8-22-25)23-17-21-9-13(14(18)26)15(24-17)19-6-3-7-20-16(27)11-4-2-5-11/h8-11H,2-7H2,1H3,(H2,18,26)(H,20,27)(H2,19,21,23,24). The predicted molar refractivity (Wildman–Crippen MR) is 100 cm³/mol. The molecule has 0 aromatic carbocycles. The Morgan fingerprint density at radius 3 is 2.74 bits per heavy atom. The van der Waals surface area contributed by atoms with E-state index in [1.54, 1.807) is 24.1 Å². The van der Waals surface area contributed by atoms with Crippen LogP contribution in [0.1, 0.15) is 36.0 Å². The Bertz CT molecular complexity index is 815. The fraction of sp³-hybridized carbons (Fsp3) is 0.471. The molecule has 0 bridgehead atoms. The third-order valence-electron chi connectivity index (χ3n) is 4.44. The second-order valence-electron chi connectivity index (χ2n) is 6.55. The summed E-state index contributed by atoms with van der Waals surface area (Å²) >= 11 is 0. The van der Waals surface area contributed by atoms with Crippen LogP contribution in [-0.4, -0.2) is 44.7 Å². The monoisotopic (exact) mass is 372 g/mol. The second-order valence-corrected chi connectivity index (χ2v) is 6.55. The minimum absolute atomic E-state index is 0.129. The third kappa shape index (κ3) is 4.93. The van der Waals surface area contributed by atoms with Crippen molar-refractivity contribution in [2.24, 2.45) is 18.7 Å². The van der Waals surface area contributed by atoms with Gasteiger partial charge in [-0.1, -0.05) is 6.42 Å². The molecule has 1 aliphatic rings. The average molecular weight is 372 g/mol. The lowest BCUT2D eigenvalue weighted by molar-refractivity contribution is -0.127. The molecule has 144 valence electrons. The first-order chi connectivity index (χ1) is 13.0. The summed E-state index contributed by atoms with van der Waals surface area (Å²) in [6, 6.07) is 0. The van der Waals surface area contributed by atoms with E-state index in [2.05, 4.69) is 31.0 Å². The molecule has 1 saturated carbocycles. The van der Waals surface area contributed by atoms with Crippen molar-refractivity contribution in [2.75, 3.05) is 23.7 Å². The van der Waals surface area contributed by atoms with Gasteiger partial charge in [-0.2, -0.15) is 10.1 Å². The number of rotatable bonds is 9. The van der Waals surface area contributed by atoms with E-state index in [1.807, 2.05) is 0 Å². The number of nitrogens with two attached hydrogens (primary N) is 1. The zero-order valence-electron chi connectivity index (χ0n) is 15.2. The predicted octanol–water partition coefficient (Wildman–Crippen LogP) is 0.771. The minimum Gasteiger partial charge on any atom is -0.369 e. The van der Waals surface area contributed by atoms with Crippen LogP contribution in [0.3, 0.4) is 0 Å². The van der Waals surface area contributed by atoms with Gasteiger partial charge in [0, 0.05) is 38.4 Å². The number of carbonyl (C=O) groups excluding carboxylic acids is 2. The number of anilines is 3. The number of hydrogen-bond acceptors (Lipinski definition) is 7. The van der Waals surface area contributed by atoms with Gasteiger partial charge in [0.15, 0.2) is 0 Å². The Morgan fingerprint density at radius 2 is 2.11 bits per heavy atom. The zero-order valence-corrected chi connectivity index (χ0v) is 15.2. The molecule has 0 radical (unpaired) electrons. The molecular formula is C17H24N8O2. The zero-order chi connectivity index (χ0) is 19.2.